The quantitative estimate of drug-likeness (QED) is 0.605. The van der Waals surface area contributed by atoms with Gasteiger partial charge in [0.05, 0.1) is 5.57 Å². The first-order valence-corrected chi connectivity index (χ1v) is 10.1. The highest BCUT2D eigenvalue weighted by molar-refractivity contribution is 6.36. The SMILES string of the molecule is CCCCN1C(=O)C(c2ccc(Cl)cc2)=C(N(CC)Cc2ccccc2)C1=O. The Kier molecular flexibility index (Phi) is 6.53. The molecule has 0 bridgehead atoms. The molecule has 2 aromatic carbocycles. The Bertz CT molecular complexity index is 875. The highest BCUT2D eigenvalue weighted by Crippen LogP contribution is 2.33. The zero-order valence-electron chi connectivity index (χ0n) is 16.3. The van der Waals surface area contributed by atoms with Gasteiger partial charge >= 0.3 is 0 Å². The molecule has 0 N–H and O–H groups in total. The van der Waals surface area contributed by atoms with Crippen LogP contribution in [0, 0.1) is 0 Å². The average Bonchev–Trinajstić information content (AvgIpc) is 2.96. The lowest BCUT2D eigenvalue weighted by Gasteiger charge is -2.25. The van der Waals surface area contributed by atoms with Crippen molar-refractivity contribution in [2.75, 3.05) is 13.1 Å². The van der Waals surface area contributed by atoms with Gasteiger partial charge in [-0.2, -0.15) is 0 Å². The molecule has 0 unspecified atom stereocenters. The molecule has 146 valence electrons. The monoisotopic (exact) mass is 396 g/mol. The number of likely N-dealkylation sites (N-methyl/N-ethyl adjacent to an activating group) is 1. The summed E-state index contributed by atoms with van der Waals surface area (Å²) >= 11 is 6.03. The van der Waals surface area contributed by atoms with Gasteiger partial charge in [-0.15, -0.1) is 0 Å². The van der Waals surface area contributed by atoms with Crippen LogP contribution in [-0.2, 0) is 16.1 Å². The molecule has 0 saturated carbocycles. The molecule has 0 aliphatic carbocycles. The van der Waals surface area contributed by atoms with Crippen molar-refractivity contribution in [2.24, 2.45) is 0 Å². The van der Waals surface area contributed by atoms with E-state index >= 15 is 0 Å². The first-order valence-electron chi connectivity index (χ1n) is 9.72. The van der Waals surface area contributed by atoms with Gasteiger partial charge in [0.25, 0.3) is 11.8 Å². The minimum absolute atomic E-state index is 0.207. The molecule has 2 amide bonds. The summed E-state index contributed by atoms with van der Waals surface area (Å²) in [6, 6.07) is 17.1. The number of amides is 2. The number of hydrogen-bond donors (Lipinski definition) is 0. The smallest absolute Gasteiger partial charge is 0.277 e. The molecule has 0 aromatic heterocycles. The number of rotatable bonds is 8. The molecule has 1 aliphatic rings. The number of imide groups is 1. The van der Waals surface area contributed by atoms with E-state index in [1.54, 1.807) is 12.1 Å². The van der Waals surface area contributed by atoms with Gasteiger partial charge in [0.2, 0.25) is 0 Å². The van der Waals surface area contributed by atoms with Gasteiger partial charge in [-0.3, -0.25) is 14.5 Å². The normalized spacial score (nSPS) is 14.2. The first kappa shape index (κ1) is 20.2. The lowest BCUT2D eigenvalue weighted by Crippen LogP contribution is -2.35. The first-order chi connectivity index (χ1) is 13.6. The van der Waals surface area contributed by atoms with Crippen molar-refractivity contribution in [3.8, 4) is 0 Å². The standard InChI is InChI=1S/C23H25ClN2O2/c1-3-5-15-26-22(27)20(18-11-13-19(24)14-12-18)21(23(26)28)25(4-2)16-17-9-7-6-8-10-17/h6-14H,3-5,15-16H2,1-2H3. The van der Waals surface area contributed by atoms with Crippen LogP contribution in [0.4, 0.5) is 0 Å². The predicted octanol–water partition coefficient (Wildman–Crippen LogP) is 4.74. The average molecular weight is 397 g/mol. The minimum atomic E-state index is -0.220. The van der Waals surface area contributed by atoms with Crippen LogP contribution in [0.25, 0.3) is 5.57 Å². The second-order valence-corrected chi connectivity index (χ2v) is 7.28. The second kappa shape index (κ2) is 9.07. The highest BCUT2D eigenvalue weighted by Gasteiger charge is 2.40. The van der Waals surface area contributed by atoms with Gasteiger partial charge < -0.3 is 4.90 Å². The van der Waals surface area contributed by atoms with Gasteiger partial charge in [0, 0.05) is 24.7 Å². The Balaban J connectivity index is 2.04. The van der Waals surface area contributed by atoms with Crippen LogP contribution >= 0.6 is 11.6 Å². The minimum Gasteiger partial charge on any atom is -0.362 e. The third kappa shape index (κ3) is 4.12. The molecule has 0 atom stereocenters. The van der Waals surface area contributed by atoms with Crippen LogP contribution in [0.5, 0.6) is 0 Å². The predicted molar refractivity (Wildman–Crippen MR) is 113 cm³/mol. The summed E-state index contributed by atoms with van der Waals surface area (Å²) in [7, 11) is 0. The molecule has 4 nitrogen and oxygen atoms in total. The number of benzene rings is 2. The largest absolute Gasteiger partial charge is 0.362 e. The summed E-state index contributed by atoms with van der Waals surface area (Å²) in [6.07, 6.45) is 1.72. The third-order valence-corrected chi connectivity index (χ3v) is 5.18. The summed E-state index contributed by atoms with van der Waals surface area (Å²) in [6.45, 7) is 5.69. The summed E-state index contributed by atoms with van der Waals surface area (Å²) in [5.41, 5.74) is 2.77. The van der Waals surface area contributed by atoms with Crippen LogP contribution in [0.1, 0.15) is 37.8 Å². The van der Waals surface area contributed by atoms with Crippen molar-refractivity contribution in [1.29, 1.82) is 0 Å². The summed E-state index contributed by atoms with van der Waals surface area (Å²) in [5, 5.41) is 0.599. The van der Waals surface area contributed by atoms with Gasteiger partial charge in [-0.25, -0.2) is 0 Å². The summed E-state index contributed by atoms with van der Waals surface area (Å²) in [4.78, 5) is 29.8. The van der Waals surface area contributed by atoms with Crippen molar-refractivity contribution < 1.29 is 9.59 Å². The molecule has 3 rings (SSSR count). The van der Waals surface area contributed by atoms with Crippen molar-refractivity contribution >= 4 is 29.0 Å². The van der Waals surface area contributed by atoms with Crippen LogP contribution in [0.2, 0.25) is 5.02 Å². The zero-order chi connectivity index (χ0) is 20.1. The van der Waals surface area contributed by atoms with Crippen LogP contribution in [-0.4, -0.2) is 34.7 Å². The van der Waals surface area contributed by atoms with E-state index in [9.17, 15) is 9.59 Å². The fourth-order valence-electron chi connectivity index (χ4n) is 3.41. The van der Waals surface area contributed by atoms with Crippen LogP contribution < -0.4 is 0 Å². The number of nitrogens with zero attached hydrogens (tertiary/aromatic N) is 2. The lowest BCUT2D eigenvalue weighted by molar-refractivity contribution is -0.137. The Labute approximate surface area is 171 Å². The molecule has 0 fully saturated rings. The Morgan fingerprint density at radius 1 is 0.929 bits per heavy atom. The van der Waals surface area contributed by atoms with Gasteiger partial charge in [-0.1, -0.05) is 67.4 Å². The molecule has 1 heterocycles. The molecular weight excluding hydrogens is 372 g/mol. The molecule has 0 saturated heterocycles. The Hall–Kier alpha value is -2.59. The third-order valence-electron chi connectivity index (χ3n) is 4.93. The molecule has 28 heavy (non-hydrogen) atoms. The number of carbonyl (C=O) groups excluding carboxylic acids is 2. The maximum atomic E-state index is 13.2. The van der Waals surface area contributed by atoms with E-state index in [4.69, 9.17) is 11.6 Å². The lowest BCUT2D eigenvalue weighted by atomic mass is 10.0. The van der Waals surface area contributed by atoms with Gasteiger partial charge in [0.1, 0.15) is 5.70 Å². The van der Waals surface area contributed by atoms with E-state index in [2.05, 4.69) is 0 Å². The molecular formula is C23H25ClN2O2. The van der Waals surface area contributed by atoms with E-state index in [-0.39, 0.29) is 11.8 Å². The van der Waals surface area contributed by atoms with E-state index in [1.807, 2.05) is 61.2 Å². The van der Waals surface area contributed by atoms with E-state index < -0.39 is 0 Å². The maximum Gasteiger partial charge on any atom is 0.277 e. The van der Waals surface area contributed by atoms with E-state index in [1.165, 1.54) is 4.90 Å². The summed E-state index contributed by atoms with van der Waals surface area (Å²) in [5.74, 6) is -0.427. The maximum absolute atomic E-state index is 13.2. The van der Waals surface area contributed by atoms with Crippen LogP contribution in [0.15, 0.2) is 60.3 Å². The fraction of sp³-hybridized carbons (Fsp3) is 0.304. The number of carbonyl (C=O) groups is 2. The number of unbranched alkanes of at least 4 members (excludes halogenated alkanes) is 1. The van der Waals surface area contributed by atoms with E-state index in [0.29, 0.717) is 35.9 Å². The number of hydrogen-bond acceptors (Lipinski definition) is 3. The molecule has 2 aromatic rings. The van der Waals surface area contributed by atoms with Crippen LogP contribution in [0.3, 0.4) is 0 Å². The molecule has 0 radical (unpaired) electrons. The Morgan fingerprint density at radius 2 is 1.61 bits per heavy atom. The second-order valence-electron chi connectivity index (χ2n) is 6.85. The zero-order valence-corrected chi connectivity index (χ0v) is 17.1. The number of halogens is 1. The topological polar surface area (TPSA) is 40.6 Å². The van der Waals surface area contributed by atoms with Crippen molar-refractivity contribution in [3.63, 3.8) is 0 Å². The Morgan fingerprint density at radius 3 is 2.21 bits per heavy atom. The molecule has 1 aliphatic heterocycles. The van der Waals surface area contributed by atoms with Crippen molar-refractivity contribution in [3.05, 3.63) is 76.4 Å². The fourth-order valence-corrected chi connectivity index (χ4v) is 3.53. The molecule has 5 heteroatoms. The van der Waals surface area contributed by atoms with Crippen molar-refractivity contribution in [2.45, 2.75) is 33.2 Å². The van der Waals surface area contributed by atoms with Crippen molar-refractivity contribution in [1.82, 2.24) is 9.80 Å². The summed E-state index contributed by atoms with van der Waals surface area (Å²) < 4.78 is 0. The van der Waals surface area contributed by atoms with E-state index in [0.717, 1.165) is 24.0 Å². The van der Waals surface area contributed by atoms with Gasteiger partial charge in [0.15, 0.2) is 0 Å². The molecule has 0 spiro atoms. The highest BCUT2D eigenvalue weighted by atomic mass is 35.5. The van der Waals surface area contributed by atoms with Gasteiger partial charge in [-0.05, 0) is 36.6 Å².